The molecule has 0 unspecified atom stereocenters. The molecule has 1 aromatic carbocycles. The molecular weight excluding hydrogens is 193 g/mol. The number of fused-ring (bicyclic) bond motifs is 1. The molecule has 0 spiro atoms. The van der Waals surface area contributed by atoms with E-state index in [4.69, 9.17) is 10.5 Å². The van der Waals surface area contributed by atoms with E-state index in [0.717, 1.165) is 5.56 Å². The van der Waals surface area contributed by atoms with Crippen LogP contribution < -0.4 is 10.5 Å². The van der Waals surface area contributed by atoms with Crippen LogP contribution in [0.5, 0.6) is 5.75 Å². The first-order valence-corrected chi connectivity index (χ1v) is 3.93. The first-order chi connectivity index (χ1) is 5.77. The zero-order chi connectivity index (χ0) is 8.55. The summed E-state index contributed by atoms with van der Waals surface area (Å²) in [6.07, 6.45) is 0.701. The Morgan fingerprint density at radius 3 is 3.00 bits per heavy atom. The van der Waals surface area contributed by atoms with E-state index in [1.165, 1.54) is 6.07 Å². The minimum Gasteiger partial charge on any atom is -0.489 e. The fourth-order valence-corrected chi connectivity index (χ4v) is 1.41. The van der Waals surface area contributed by atoms with Crippen LogP contribution >= 0.6 is 12.4 Å². The summed E-state index contributed by atoms with van der Waals surface area (Å²) in [5.41, 5.74) is 6.52. The van der Waals surface area contributed by atoms with E-state index in [9.17, 15) is 4.39 Å². The van der Waals surface area contributed by atoms with Crippen LogP contribution in [0.3, 0.4) is 0 Å². The molecule has 2 nitrogen and oxygen atoms in total. The smallest absolute Gasteiger partial charge is 0.165 e. The van der Waals surface area contributed by atoms with Crippen LogP contribution in [0.2, 0.25) is 0 Å². The van der Waals surface area contributed by atoms with E-state index in [1.54, 1.807) is 6.07 Å². The number of halogens is 2. The van der Waals surface area contributed by atoms with Crippen LogP contribution in [-0.4, -0.2) is 12.6 Å². The highest BCUT2D eigenvalue weighted by molar-refractivity contribution is 5.85. The van der Waals surface area contributed by atoms with Crippen LogP contribution in [0.4, 0.5) is 4.39 Å². The van der Waals surface area contributed by atoms with Gasteiger partial charge in [-0.3, -0.25) is 0 Å². The van der Waals surface area contributed by atoms with Gasteiger partial charge in [-0.2, -0.15) is 0 Å². The van der Waals surface area contributed by atoms with Crippen molar-refractivity contribution in [3.05, 3.63) is 29.6 Å². The summed E-state index contributed by atoms with van der Waals surface area (Å²) in [7, 11) is 0. The quantitative estimate of drug-likeness (QED) is 0.694. The van der Waals surface area contributed by atoms with Crippen LogP contribution in [-0.2, 0) is 6.42 Å². The molecule has 0 radical (unpaired) electrons. The largest absolute Gasteiger partial charge is 0.489 e. The van der Waals surface area contributed by atoms with Crippen LogP contribution in [0.1, 0.15) is 5.56 Å². The molecule has 0 saturated heterocycles. The number of benzene rings is 1. The van der Waals surface area contributed by atoms with Gasteiger partial charge in [0.25, 0.3) is 0 Å². The van der Waals surface area contributed by atoms with Crippen LogP contribution in [0, 0.1) is 5.82 Å². The normalized spacial score (nSPS) is 19.7. The Hall–Kier alpha value is -0.800. The molecule has 2 N–H and O–H groups in total. The molecule has 0 bridgehead atoms. The summed E-state index contributed by atoms with van der Waals surface area (Å²) >= 11 is 0. The lowest BCUT2D eigenvalue weighted by atomic mass is 10.0. The van der Waals surface area contributed by atoms with Gasteiger partial charge in [0, 0.05) is 6.04 Å². The van der Waals surface area contributed by atoms with Gasteiger partial charge in [0.15, 0.2) is 11.6 Å². The molecule has 1 atom stereocenters. The third-order valence-electron chi connectivity index (χ3n) is 1.97. The molecule has 1 aliphatic rings. The van der Waals surface area contributed by atoms with Crippen molar-refractivity contribution in [2.45, 2.75) is 12.5 Å². The minimum absolute atomic E-state index is 0. The molecule has 0 fully saturated rings. The van der Waals surface area contributed by atoms with E-state index in [1.807, 2.05) is 6.07 Å². The fourth-order valence-electron chi connectivity index (χ4n) is 1.41. The average Bonchev–Trinajstić information content (AvgIpc) is 2.04. The molecule has 1 heterocycles. The second kappa shape index (κ2) is 3.94. The predicted molar refractivity (Wildman–Crippen MR) is 50.8 cm³/mol. The maximum Gasteiger partial charge on any atom is 0.165 e. The van der Waals surface area contributed by atoms with Crippen molar-refractivity contribution < 1.29 is 9.13 Å². The number of hydrogen-bond acceptors (Lipinski definition) is 2. The van der Waals surface area contributed by atoms with E-state index >= 15 is 0 Å². The van der Waals surface area contributed by atoms with E-state index in [2.05, 4.69) is 0 Å². The number of para-hydroxylation sites is 1. The second-order valence-electron chi connectivity index (χ2n) is 3.00. The molecule has 4 heteroatoms. The summed E-state index contributed by atoms with van der Waals surface area (Å²) in [5.74, 6) is 0.0820. The first kappa shape index (κ1) is 10.3. The molecule has 13 heavy (non-hydrogen) atoms. The van der Waals surface area contributed by atoms with Crippen molar-refractivity contribution in [2.24, 2.45) is 5.73 Å². The van der Waals surface area contributed by atoms with Crippen molar-refractivity contribution in [1.29, 1.82) is 0 Å². The number of rotatable bonds is 0. The molecule has 2 rings (SSSR count). The van der Waals surface area contributed by atoms with Crippen molar-refractivity contribution in [2.75, 3.05) is 6.61 Å². The van der Waals surface area contributed by atoms with E-state index in [0.29, 0.717) is 18.8 Å². The lowest BCUT2D eigenvalue weighted by molar-refractivity contribution is 0.251. The number of ether oxygens (including phenoxy) is 1. The standard InChI is InChI=1S/C9H10FNO.ClH/c10-8-3-1-2-6-4-7(11)5-12-9(6)8;/h1-3,7H,4-5,11H2;1H/t7-;/m1./s1. The topological polar surface area (TPSA) is 35.2 Å². The van der Waals surface area contributed by atoms with Crippen molar-refractivity contribution in [3.8, 4) is 5.75 Å². The Morgan fingerprint density at radius 1 is 1.46 bits per heavy atom. The zero-order valence-electron chi connectivity index (χ0n) is 7.00. The van der Waals surface area contributed by atoms with E-state index in [-0.39, 0.29) is 24.3 Å². The Labute approximate surface area is 82.3 Å². The Kier molecular flexibility index (Phi) is 3.12. The fraction of sp³-hybridized carbons (Fsp3) is 0.333. The van der Waals surface area contributed by atoms with Gasteiger partial charge in [-0.05, 0) is 18.1 Å². The van der Waals surface area contributed by atoms with Gasteiger partial charge in [-0.1, -0.05) is 12.1 Å². The summed E-state index contributed by atoms with van der Waals surface area (Å²) in [5, 5.41) is 0. The molecule has 1 aromatic rings. The lowest BCUT2D eigenvalue weighted by Crippen LogP contribution is -2.34. The van der Waals surface area contributed by atoms with Gasteiger partial charge < -0.3 is 10.5 Å². The van der Waals surface area contributed by atoms with Gasteiger partial charge in [0.05, 0.1) is 0 Å². The van der Waals surface area contributed by atoms with Crippen molar-refractivity contribution >= 4 is 12.4 Å². The molecule has 1 aliphatic heterocycles. The maximum atomic E-state index is 13.0. The van der Waals surface area contributed by atoms with Crippen molar-refractivity contribution in [3.63, 3.8) is 0 Å². The Bertz CT molecular complexity index is 306. The molecule has 72 valence electrons. The lowest BCUT2D eigenvalue weighted by Gasteiger charge is -2.22. The van der Waals surface area contributed by atoms with E-state index < -0.39 is 0 Å². The predicted octanol–water partition coefficient (Wildman–Crippen LogP) is 1.51. The highest BCUT2D eigenvalue weighted by Gasteiger charge is 2.18. The third kappa shape index (κ3) is 1.92. The van der Waals surface area contributed by atoms with Gasteiger partial charge in [-0.25, -0.2) is 4.39 Å². The molecule has 0 aliphatic carbocycles. The molecule has 0 aromatic heterocycles. The third-order valence-corrected chi connectivity index (χ3v) is 1.97. The highest BCUT2D eigenvalue weighted by atomic mass is 35.5. The Morgan fingerprint density at radius 2 is 2.23 bits per heavy atom. The maximum absolute atomic E-state index is 13.0. The summed E-state index contributed by atoms with van der Waals surface area (Å²) in [6, 6.07) is 4.92. The molecular formula is C9H11ClFNO. The number of hydrogen-bond donors (Lipinski definition) is 1. The minimum atomic E-state index is -0.292. The highest BCUT2D eigenvalue weighted by Crippen LogP contribution is 2.26. The summed E-state index contributed by atoms with van der Waals surface area (Å²) in [4.78, 5) is 0. The monoisotopic (exact) mass is 203 g/mol. The molecule has 0 saturated carbocycles. The SMILES string of the molecule is Cl.N[C@H]1COc2c(F)cccc2C1. The summed E-state index contributed by atoms with van der Waals surface area (Å²) < 4.78 is 18.2. The van der Waals surface area contributed by atoms with Gasteiger partial charge in [0.1, 0.15) is 6.61 Å². The van der Waals surface area contributed by atoms with Gasteiger partial charge in [-0.15, -0.1) is 12.4 Å². The van der Waals surface area contributed by atoms with Crippen LogP contribution in [0.25, 0.3) is 0 Å². The van der Waals surface area contributed by atoms with Gasteiger partial charge >= 0.3 is 0 Å². The van der Waals surface area contributed by atoms with Gasteiger partial charge in [0.2, 0.25) is 0 Å². The Balaban J connectivity index is 0.000000845. The summed E-state index contributed by atoms with van der Waals surface area (Å²) in [6.45, 7) is 0.411. The van der Waals surface area contributed by atoms with Crippen LogP contribution in [0.15, 0.2) is 18.2 Å². The zero-order valence-corrected chi connectivity index (χ0v) is 7.81. The molecule has 0 amide bonds. The first-order valence-electron chi connectivity index (χ1n) is 3.93. The average molecular weight is 204 g/mol. The second-order valence-corrected chi connectivity index (χ2v) is 3.00. The van der Waals surface area contributed by atoms with Crippen molar-refractivity contribution in [1.82, 2.24) is 0 Å². The number of nitrogens with two attached hydrogens (primary N) is 1.